The van der Waals surface area contributed by atoms with Gasteiger partial charge in [0, 0.05) is 24.0 Å². The largest absolute Gasteiger partial charge is 0.492 e. The average Bonchev–Trinajstić information content (AvgIpc) is 3.19. The van der Waals surface area contributed by atoms with E-state index < -0.39 is 0 Å². The third-order valence-corrected chi connectivity index (χ3v) is 4.76. The minimum atomic E-state index is -0.218. The minimum Gasteiger partial charge on any atom is -0.492 e. The molecule has 0 bridgehead atoms. The predicted molar refractivity (Wildman–Crippen MR) is 119 cm³/mol. The van der Waals surface area contributed by atoms with Gasteiger partial charge in [0.1, 0.15) is 12.4 Å². The molecule has 29 heavy (non-hydrogen) atoms. The second-order valence-electron chi connectivity index (χ2n) is 7.11. The number of carbonyl (C=O) groups excluding carboxylic acids is 1. The number of H-pyrrole nitrogens is 1. The first kappa shape index (κ1) is 20.4. The number of anilines is 1. The molecule has 5 heteroatoms. The second kappa shape index (κ2) is 9.26. The van der Waals surface area contributed by atoms with E-state index in [1.807, 2.05) is 51.5 Å². The summed E-state index contributed by atoms with van der Waals surface area (Å²) < 4.78 is 5.79. The molecule has 3 rings (SSSR count). The fraction of sp³-hybridized carbons (Fsp3) is 0.208. The van der Waals surface area contributed by atoms with Crippen LogP contribution in [0, 0.1) is 6.92 Å². The zero-order valence-electron chi connectivity index (χ0n) is 17.2. The van der Waals surface area contributed by atoms with Crippen molar-refractivity contribution in [3.8, 4) is 28.1 Å². The van der Waals surface area contributed by atoms with Gasteiger partial charge in [-0.15, -0.1) is 0 Å². The van der Waals surface area contributed by atoms with Crippen LogP contribution >= 0.6 is 0 Å². The quantitative estimate of drug-likeness (QED) is 0.548. The summed E-state index contributed by atoms with van der Waals surface area (Å²) in [5, 5.41) is 2.87. The highest BCUT2D eigenvalue weighted by Crippen LogP contribution is 2.35. The van der Waals surface area contributed by atoms with Gasteiger partial charge in [-0.3, -0.25) is 4.79 Å². The highest BCUT2D eigenvalue weighted by molar-refractivity contribution is 6.00. The van der Waals surface area contributed by atoms with Crippen molar-refractivity contribution >= 4 is 11.6 Å². The maximum absolute atomic E-state index is 11.7. The second-order valence-corrected chi connectivity index (χ2v) is 7.11. The molecule has 0 saturated heterocycles. The Hall–Kier alpha value is -3.31. The van der Waals surface area contributed by atoms with Crippen molar-refractivity contribution in [1.82, 2.24) is 9.88 Å². The van der Waals surface area contributed by atoms with Gasteiger partial charge in [-0.05, 0) is 80.2 Å². The molecule has 0 aliphatic carbocycles. The first-order chi connectivity index (χ1) is 14.0. The van der Waals surface area contributed by atoms with Gasteiger partial charge in [-0.2, -0.15) is 0 Å². The smallest absolute Gasteiger partial charge is 0.247 e. The molecular formula is C24H27N3O2. The Balaban J connectivity index is 1.85. The summed E-state index contributed by atoms with van der Waals surface area (Å²) in [5.74, 6) is 0.637. The summed E-state index contributed by atoms with van der Waals surface area (Å²) in [6.45, 7) is 7.05. The van der Waals surface area contributed by atoms with Crippen molar-refractivity contribution in [3.63, 3.8) is 0 Å². The third-order valence-electron chi connectivity index (χ3n) is 4.76. The lowest BCUT2D eigenvalue weighted by Crippen LogP contribution is -2.19. The fourth-order valence-electron chi connectivity index (χ4n) is 3.14. The third kappa shape index (κ3) is 4.95. The van der Waals surface area contributed by atoms with E-state index in [9.17, 15) is 4.79 Å². The number of likely N-dealkylation sites (N-methyl/N-ethyl adjacent to an activating group) is 1. The van der Waals surface area contributed by atoms with Gasteiger partial charge in [0.25, 0.3) is 0 Å². The molecule has 0 saturated carbocycles. The maximum atomic E-state index is 11.7. The number of amides is 1. The van der Waals surface area contributed by atoms with Crippen molar-refractivity contribution in [2.75, 3.05) is 32.6 Å². The standard InChI is InChI=1S/C24H27N3O2/c1-5-23(28)26-22-8-6-7-20(17(22)2)21-13-14-25-24(21)18-9-11-19(12-10-18)29-16-15-27(3)4/h5-14,25H,1,15-16H2,2-4H3,(H,26,28). The first-order valence-electron chi connectivity index (χ1n) is 9.58. The molecule has 5 nitrogen and oxygen atoms in total. The lowest BCUT2D eigenvalue weighted by atomic mass is 9.96. The van der Waals surface area contributed by atoms with Gasteiger partial charge < -0.3 is 19.9 Å². The van der Waals surface area contributed by atoms with Crippen LogP contribution in [0.3, 0.4) is 0 Å². The van der Waals surface area contributed by atoms with E-state index in [-0.39, 0.29) is 5.91 Å². The van der Waals surface area contributed by atoms with Gasteiger partial charge in [0.15, 0.2) is 0 Å². The van der Waals surface area contributed by atoms with Crippen molar-refractivity contribution in [2.24, 2.45) is 0 Å². The molecule has 150 valence electrons. The van der Waals surface area contributed by atoms with Crippen LogP contribution < -0.4 is 10.1 Å². The Morgan fingerprint density at radius 2 is 1.90 bits per heavy atom. The minimum absolute atomic E-state index is 0.218. The van der Waals surface area contributed by atoms with Gasteiger partial charge in [0.05, 0.1) is 5.69 Å². The molecule has 1 heterocycles. The predicted octanol–water partition coefficient (Wildman–Crippen LogP) is 4.72. The lowest BCUT2D eigenvalue weighted by molar-refractivity contribution is -0.111. The van der Waals surface area contributed by atoms with Crippen LogP contribution in [0.5, 0.6) is 5.75 Å². The van der Waals surface area contributed by atoms with E-state index in [1.54, 1.807) is 0 Å². The Labute approximate surface area is 172 Å². The summed E-state index contributed by atoms with van der Waals surface area (Å²) in [6.07, 6.45) is 3.20. The normalized spacial score (nSPS) is 10.8. The maximum Gasteiger partial charge on any atom is 0.247 e. The molecule has 1 aromatic heterocycles. The Bertz CT molecular complexity index is 988. The number of carbonyl (C=O) groups is 1. The van der Waals surface area contributed by atoms with Crippen LogP contribution in [0.4, 0.5) is 5.69 Å². The molecule has 0 atom stereocenters. The molecule has 0 unspecified atom stereocenters. The van der Waals surface area contributed by atoms with Crippen LogP contribution in [0.2, 0.25) is 0 Å². The molecule has 0 fully saturated rings. The monoisotopic (exact) mass is 389 g/mol. The van der Waals surface area contributed by atoms with E-state index in [4.69, 9.17) is 4.74 Å². The van der Waals surface area contributed by atoms with Gasteiger partial charge in [-0.1, -0.05) is 18.7 Å². The number of aromatic amines is 1. The Morgan fingerprint density at radius 3 is 2.59 bits per heavy atom. The zero-order valence-corrected chi connectivity index (χ0v) is 17.2. The number of hydrogen-bond acceptors (Lipinski definition) is 3. The van der Waals surface area contributed by atoms with Crippen LogP contribution in [0.1, 0.15) is 5.56 Å². The van der Waals surface area contributed by atoms with Crippen LogP contribution in [-0.4, -0.2) is 43.0 Å². The van der Waals surface area contributed by atoms with Gasteiger partial charge >= 0.3 is 0 Å². The number of nitrogens with zero attached hydrogens (tertiary/aromatic N) is 1. The molecule has 3 aromatic rings. The van der Waals surface area contributed by atoms with Crippen molar-refractivity contribution in [1.29, 1.82) is 0 Å². The lowest BCUT2D eigenvalue weighted by Gasteiger charge is -2.13. The number of hydrogen-bond donors (Lipinski definition) is 2. The Kier molecular flexibility index (Phi) is 6.52. The highest BCUT2D eigenvalue weighted by atomic mass is 16.5. The van der Waals surface area contributed by atoms with Crippen LogP contribution in [0.15, 0.2) is 67.4 Å². The molecule has 1 amide bonds. The number of benzene rings is 2. The average molecular weight is 389 g/mol. The van der Waals surface area contributed by atoms with Crippen molar-refractivity contribution in [2.45, 2.75) is 6.92 Å². The number of nitrogens with one attached hydrogen (secondary N) is 2. The van der Waals surface area contributed by atoms with Crippen molar-refractivity contribution in [3.05, 3.63) is 72.9 Å². The number of aromatic nitrogens is 1. The van der Waals surface area contributed by atoms with E-state index in [1.165, 1.54) is 6.08 Å². The topological polar surface area (TPSA) is 57.4 Å². The summed E-state index contributed by atoms with van der Waals surface area (Å²) >= 11 is 0. The van der Waals surface area contributed by atoms with E-state index in [2.05, 4.69) is 46.0 Å². The zero-order chi connectivity index (χ0) is 20.8. The molecule has 0 radical (unpaired) electrons. The number of rotatable bonds is 8. The summed E-state index contributed by atoms with van der Waals surface area (Å²) in [6, 6.07) is 16.0. The van der Waals surface area contributed by atoms with Gasteiger partial charge in [-0.25, -0.2) is 0 Å². The van der Waals surface area contributed by atoms with Crippen LogP contribution in [0.25, 0.3) is 22.4 Å². The molecule has 0 aliphatic rings. The SMILES string of the molecule is C=CC(=O)Nc1cccc(-c2cc[nH]c2-c2ccc(OCCN(C)C)cc2)c1C. The molecular weight excluding hydrogens is 362 g/mol. The van der Waals surface area contributed by atoms with E-state index >= 15 is 0 Å². The number of ether oxygens (including phenoxy) is 1. The van der Waals surface area contributed by atoms with E-state index in [0.717, 1.165) is 45.9 Å². The highest BCUT2D eigenvalue weighted by Gasteiger charge is 2.13. The van der Waals surface area contributed by atoms with Crippen LogP contribution in [-0.2, 0) is 4.79 Å². The molecule has 0 spiro atoms. The first-order valence-corrected chi connectivity index (χ1v) is 9.58. The molecule has 0 aliphatic heterocycles. The summed E-state index contributed by atoms with van der Waals surface area (Å²) in [4.78, 5) is 17.2. The Morgan fingerprint density at radius 1 is 1.14 bits per heavy atom. The molecule has 2 N–H and O–H groups in total. The van der Waals surface area contributed by atoms with Crippen molar-refractivity contribution < 1.29 is 9.53 Å². The van der Waals surface area contributed by atoms with Gasteiger partial charge in [0.2, 0.25) is 5.91 Å². The summed E-state index contributed by atoms with van der Waals surface area (Å²) in [7, 11) is 4.05. The fourth-order valence-corrected chi connectivity index (χ4v) is 3.14. The summed E-state index contributed by atoms with van der Waals surface area (Å²) in [5.41, 5.74) is 6.04. The molecule has 2 aromatic carbocycles. The van der Waals surface area contributed by atoms with E-state index in [0.29, 0.717) is 6.61 Å².